The molecule has 4 heterocycles. The molecular weight excluding hydrogens is 1780 g/mol. The summed E-state index contributed by atoms with van der Waals surface area (Å²) in [6.07, 6.45) is 1.36. The number of alkyl carbamates (subject to hydrolysis) is 2. The summed E-state index contributed by atoms with van der Waals surface area (Å²) in [5, 5.41) is 18.5. The maximum atomic E-state index is 13.9. The van der Waals surface area contributed by atoms with E-state index in [0.717, 1.165) is 22.3 Å². The Morgan fingerprint density at radius 3 is 1.24 bits per heavy atom. The van der Waals surface area contributed by atoms with Crippen molar-refractivity contribution in [3.63, 3.8) is 0 Å². The lowest BCUT2D eigenvalue weighted by atomic mass is 9.81. The Hall–Kier alpha value is -10.6. The first-order chi connectivity index (χ1) is 63.5. The second-order valence-electron chi connectivity index (χ2n) is 32.3. The molecule has 0 spiro atoms. The second-order valence-corrected chi connectivity index (χ2v) is 35.3. The average Bonchev–Trinajstić information content (AvgIpc) is 0.837. The zero-order chi connectivity index (χ0) is 98.1. The Kier molecular flexibility index (Phi) is 55.5. The van der Waals surface area contributed by atoms with Crippen LogP contribution in [0.2, 0.25) is 0 Å². The third-order valence-electron chi connectivity index (χ3n) is 20.2. The highest BCUT2D eigenvalue weighted by atomic mass is 31.2. The number of phosphoric acid groups is 2. The van der Waals surface area contributed by atoms with Crippen LogP contribution in [0.1, 0.15) is 206 Å². The lowest BCUT2D eigenvalue weighted by Gasteiger charge is -2.28. The molecule has 0 radical (unpaired) electrons. The third kappa shape index (κ3) is 49.8. The zero-order valence-electron chi connectivity index (χ0n) is 77.2. The van der Waals surface area contributed by atoms with E-state index in [2.05, 4.69) is 46.9 Å². The molecule has 3 aromatic rings. The van der Waals surface area contributed by atoms with Crippen LogP contribution in [-0.4, -0.2) is 215 Å². The van der Waals surface area contributed by atoms with Crippen LogP contribution in [0.4, 0.5) is 9.59 Å². The Balaban J connectivity index is 0.000000556. The molecule has 133 heavy (non-hydrogen) atoms. The average molecular weight is 1920 g/mol. The summed E-state index contributed by atoms with van der Waals surface area (Å²) in [5.74, 6) is 2.02. The molecule has 3 aromatic carbocycles. The summed E-state index contributed by atoms with van der Waals surface area (Å²) in [4.78, 5) is 218. The van der Waals surface area contributed by atoms with Crippen molar-refractivity contribution >= 4 is 105 Å². The molecule has 744 valence electrons. The predicted molar refractivity (Wildman–Crippen MR) is 476 cm³/mol. The van der Waals surface area contributed by atoms with Gasteiger partial charge < -0.3 is 94.6 Å². The number of aryl methyl sites for hydroxylation is 1. The van der Waals surface area contributed by atoms with Gasteiger partial charge in [-0.3, -0.25) is 80.4 Å². The first kappa shape index (κ1) is 115. The molecule has 7 rings (SSSR count). The van der Waals surface area contributed by atoms with Gasteiger partial charge in [-0.1, -0.05) is 104 Å². The number of hydrogen-bond acceptors (Lipinski definition) is 33. The van der Waals surface area contributed by atoms with Gasteiger partial charge in [0.05, 0.1) is 88.2 Å². The minimum Gasteiger partial charge on any atom is -0.494 e. The lowest BCUT2D eigenvalue weighted by Crippen LogP contribution is -2.48. The van der Waals surface area contributed by atoms with E-state index < -0.39 is 168 Å². The van der Waals surface area contributed by atoms with Crippen molar-refractivity contribution in [2.24, 2.45) is 47.3 Å². The summed E-state index contributed by atoms with van der Waals surface area (Å²) in [6, 6.07) is 19.8. The zero-order valence-corrected chi connectivity index (χ0v) is 79.0. The summed E-state index contributed by atoms with van der Waals surface area (Å²) >= 11 is 0. The number of hydrogen-bond donors (Lipinski definition) is 11. The maximum Gasteiger partial charge on any atom is 0.472 e. The number of nitrogens with two attached hydrogens (primary N) is 2. The van der Waals surface area contributed by atoms with Gasteiger partial charge in [-0.25, -0.2) is 18.7 Å². The Bertz CT molecular complexity index is 4240. The number of carbonyl (C=O) groups is 15. The molecular formula is C89H135N9O33P2. The molecule has 7 amide bonds. The van der Waals surface area contributed by atoms with Crippen molar-refractivity contribution in [1.82, 2.24) is 37.2 Å². The third-order valence-corrected chi connectivity index (χ3v) is 22.2. The second kappa shape index (κ2) is 64.4. The van der Waals surface area contributed by atoms with Crippen LogP contribution in [0.15, 0.2) is 72.8 Å². The number of phosphoric ester groups is 2. The van der Waals surface area contributed by atoms with Crippen molar-refractivity contribution in [3.05, 3.63) is 95.1 Å². The van der Waals surface area contributed by atoms with Gasteiger partial charge in [0.15, 0.2) is 23.8 Å². The molecule has 10 atom stereocenters. The van der Waals surface area contributed by atoms with E-state index in [1.807, 2.05) is 64.1 Å². The number of nitrogens with one attached hydrogen (secondary N) is 7. The van der Waals surface area contributed by atoms with Crippen LogP contribution >= 0.6 is 15.6 Å². The molecule has 44 heteroatoms. The van der Waals surface area contributed by atoms with Gasteiger partial charge in [0.1, 0.15) is 37.9 Å². The normalized spacial score (nSPS) is 17.7. The van der Waals surface area contributed by atoms with Crippen molar-refractivity contribution < 1.29 is 157 Å². The standard InChI is InChI=1S/C46H67N4O16P.C43H68N5O17P/c1-5-8-42(53)62-29-36(65-43(54)9-6-2)30-64-67(58,59)63-25-22-48-41(52)21-24-61-46(57)49-28-34-13-11-32(12-14-34)17-20-40(51)39-27-33-15-18-35(19-16-33)60-23-7-10-37(45(56)66-47)38(26-31(3)4)44(55)50-39;1-5-9-39(52)61-27-32(64-40(53)10-6-2)28-63-66(57,58)62-24-21-46-38(51)18-23-60-43(56)47-20-8-19-45-37(50)17-16-36(49)35-26-30-12-14-31(15-13-30)59-22-7-11-33(42(55)65-44)34(25-29(3)4)41(54)48-35/h11-16,18-19,31,36-39H,5-10,17,20-30,47H2,1-4H3,(H,48,52)(H,49,57)(H,50,55)(H,58,59);12-15,29,32-35H,5-11,16-28,44H2,1-4H3,(H,45,50)(H,46,51)(H,47,56)(H,48,54)(H,57,58)/t36-,37+,38-,39+;32-,33+,34-,35+/m11/s1. The summed E-state index contributed by atoms with van der Waals surface area (Å²) in [7, 11) is -9.29. The molecule has 4 bridgehead atoms. The van der Waals surface area contributed by atoms with E-state index in [4.69, 9.17) is 67.8 Å². The molecule has 0 saturated heterocycles. The monoisotopic (exact) mass is 1920 g/mol. The van der Waals surface area contributed by atoms with E-state index >= 15 is 0 Å². The minimum absolute atomic E-state index is 0.0326. The molecule has 13 N–H and O–H groups in total. The first-order valence-corrected chi connectivity index (χ1v) is 48.0. The number of carbonyl (C=O) groups excluding carboxylic acids is 15. The van der Waals surface area contributed by atoms with E-state index in [-0.39, 0.29) is 160 Å². The Labute approximate surface area is 775 Å². The van der Waals surface area contributed by atoms with Crippen molar-refractivity contribution in [3.8, 4) is 11.5 Å². The van der Waals surface area contributed by atoms with Gasteiger partial charge in [0.25, 0.3) is 0 Å². The number of rotatable bonds is 54. The van der Waals surface area contributed by atoms with Crippen LogP contribution in [0.3, 0.4) is 0 Å². The summed E-state index contributed by atoms with van der Waals surface area (Å²) in [6.45, 7) is 12.2. The fraction of sp³-hybridized carbons (Fsp3) is 0.629. The van der Waals surface area contributed by atoms with Crippen LogP contribution in [-0.2, 0) is 153 Å². The van der Waals surface area contributed by atoms with E-state index in [1.54, 1.807) is 64.1 Å². The number of fused-ring (bicyclic) bond motifs is 22. The van der Waals surface area contributed by atoms with Crippen LogP contribution in [0.5, 0.6) is 11.5 Å². The van der Waals surface area contributed by atoms with Crippen molar-refractivity contribution in [2.45, 2.75) is 234 Å². The molecule has 2 unspecified atom stereocenters. The molecule has 42 nitrogen and oxygen atoms in total. The number of ether oxygens (including phenoxy) is 8. The highest BCUT2D eigenvalue weighted by molar-refractivity contribution is 7.47. The van der Waals surface area contributed by atoms with Gasteiger partial charge >= 0.3 is 63.6 Å². The van der Waals surface area contributed by atoms with Gasteiger partial charge in [-0.15, -0.1) is 0 Å². The Morgan fingerprint density at radius 2 is 0.827 bits per heavy atom. The maximum absolute atomic E-state index is 13.9. The van der Waals surface area contributed by atoms with E-state index in [9.17, 15) is 90.8 Å². The summed E-state index contributed by atoms with van der Waals surface area (Å²) in [5.41, 5.74) is 3.17. The molecule has 0 fully saturated rings. The van der Waals surface area contributed by atoms with E-state index in [0.29, 0.717) is 95.3 Å². The molecule has 4 aliphatic heterocycles. The fourth-order valence-corrected chi connectivity index (χ4v) is 14.9. The van der Waals surface area contributed by atoms with Gasteiger partial charge in [-0.05, 0) is 148 Å². The van der Waals surface area contributed by atoms with Crippen LogP contribution < -0.4 is 58.5 Å². The number of ketones is 2. The van der Waals surface area contributed by atoms with Gasteiger partial charge in [0.2, 0.25) is 29.5 Å². The minimum atomic E-state index is -4.65. The predicted octanol–water partition coefficient (Wildman–Crippen LogP) is 7.56. The van der Waals surface area contributed by atoms with Crippen molar-refractivity contribution in [1.29, 1.82) is 0 Å². The van der Waals surface area contributed by atoms with E-state index in [1.165, 1.54) is 0 Å². The quantitative estimate of drug-likeness (QED) is 0.00853. The number of amides is 7. The lowest BCUT2D eigenvalue weighted by molar-refractivity contribution is -0.161. The number of Topliss-reactive ketones (excluding diaryl/α,β-unsaturated/α-hetero) is 2. The topological polar surface area (TPSA) is 596 Å². The number of esters is 4. The molecule has 0 aromatic heterocycles. The van der Waals surface area contributed by atoms with Crippen LogP contribution in [0, 0.1) is 35.5 Å². The molecule has 4 aliphatic rings. The smallest absolute Gasteiger partial charge is 0.472 e. The van der Waals surface area contributed by atoms with Crippen LogP contribution in [0.25, 0.3) is 0 Å². The summed E-state index contributed by atoms with van der Waals surface area (Å²) < 4.78 is 86.3. The largest absolute Gasteiger partial charge is 0.494 e. The fourth-order valence-electron chi connectivity index (χ4n) is 13.4. The molecule has 0 saturated carbocycles. The van der Waals surface area contributed by atoms with Crippen molar-refractivity contribution in [2.75, 3.05) is 92.2 Å². The number of benzene rings is 3. The van der Waals surface area contributed by atoms with Gasteiger partial charge in [0, 0.05) is 77.7 Å². The molecule has 0 aliphatic carbocycles. The highest BCUT2D eigenvalue weighted by Crippen LogP contribution is 2.44. The highest BCUT2D eigenvalue weighted by Gasteiger charge is 2.40. The van der Waals surface area contributed by atoms with Gasteiger partial charge in [-0.2, -0.15) is 11.8 Å². The Morgan fingerprint density at radius 1 is 0.444 bits per heavy atom. The first-order valence-electron chi connectivity index (χ1n) is 45.0. The SMILES string of the molecule is CCCC(=O)OC[C@H](COP(=O)(O)OCCNC(=O)CCOC(=O)NCCCNC(=O)CCC(=O)[C@@H]1Cc2ccc(cc2)OCCC[C@H](C(=O)ON)[C@@H](CC(C)C)C(=O)N1)OC(=O)CCC.CCCC(=O)OC[C@H](COP(=O)(O)OCCNC(=O)CCOC(=O)NCc1ccc(CCC(=O)[C@@H]2Cc3ccc(cc3)OCCC[C@H](C(=O)ON)[C@@H](CC(C)C)C(=O)N2)cc1)OC(=O)CCC.